The number of aryl methyl sites for hydroxylation is 1. The highest BCUT2D eigenvalue weighted by Crippen LogP contribution is 2.26. The van der Waals surface area contributed by atoms with E-state index in [0.29, 0.717) is 10.8 Å². The van der Waals surface area contributed by atoms with Gasteiger partial charge in [-0.25, -0.2) is 13.4 Å². The number of hydrogen-bond acceptors (Lipinski definition) is 5. The number of amides is 1. The average Bonchev–Trinajstić information content (AvgIpc) is 3.40. The van der Waals surface area contributed by atoms with Crippen molar-refractivity contribution in [3.8, 4) is 11.4 Å². The number of aromatic amines is 1. The maximum atomic E-state index is 12.8. The van der Waals surface area contributed by atoms with Crippen molar-refractivity contribution in [1.29, 1.82) is 0 Å². The molecule has 0 aliphatic rings. The molecule has 0 fully saturated rings. The highest BCUT2D eigenvalue weighted by molar-refractivity contribution is 7.92. The molecule has 0 radical (unpaired) electrons. The minimum atomic E-state index is -3.83. The Labute approximate surface area is 177 Å². The molecule has 0 atom stereocenters. The van der Waals surface area contributed by atoms with E-state index in [1.807, 2.05) is 24.4 Å². The number of benzene rings is 2. The summed E-state index contributed by atoms with van der Waals surface area (Å²) in [5, 5.41) is 4.98. The Bertz CT molecular complexity index is 1280. The number of sulfonamides is 1. The van der Waals surface area contributed by atoms with E-state index in [1.54, 1.807) is 42.6 Å². The van der Waals surface area contributed by atoms with Gasteiger partial charge in [0.1, 0.15) is 0 Å². The lowest BCUT2D eigenvalue weighted by atomic mass is 10.2. The molecule has 7 nitrogen and oxygen atoms in total. The van der Waals surface area contributed by atoms with E-state index in [9.17, 15) is 13.2 Å². The van der Waals surface area contributed by atoms with Gasteiger partial charge in [0.15, 0.2) is 5.13 Å². The van der Waals surface area contributed by atoms with Gasteiger partial charge in [0.05, 0.1) is 27.5 Å². The Balaban J connectivity index is 1.55. The Morgan fingerprint density at radius 1 is 1.03 bits per heavy atom. The number of para-hydroxylation sites is 1. The zero-order chi connectivity index (χ0) is 21.1. The van der Waals surface area contributed by atoms with Crippen molar-refractivity contribution >= 4 is 38.1 Å². The third-order valence-corrected chi connectivity index (χ3v) is 6.48. The Kier molecular flexibility index (Phi) is 5.39. The second kappa shape index (κ2) is 8.13. The predicted molar refractivity (Wildman–Crippen MR) is 118 cm³/mol. The van der Waals surface area contributed by atoms with Crippen LogP contribution in [0.1, 0.15) is 15.9 Å². The van der Waals surface area contributed by atoms with Crippen LogP contribution in [0.3, 0.4) is 0 Å². The predicted octanol–water partition coefficient (Wildman–Crippen LogP) is 4.50. The fourth-order valence-electron chi connectivity index (χ4n) is 2.80. The van der Waals surface area contributed by atoms with E-state index in [1.165, 1.54) is 23.5 Å². The van der Waals surface area contributed by atoms with Gasteiger partial charge in [-0.05, 0) is 43.3 Å². The monoisotopic (exact) mass is 438 g/mol. The largest absolute Gasteiger partial charge is 0.360 e. The summed E-state index contributed by atoms with van der Waals surface area (Å²) in [6, 6.07) is 16.7. The summed E-state index contributed by atoms with van der Waals surface area (Å²) in [5.41, 5.74) is 2.91. The van der Waals surface area contributed by atoms with Crippen LogP contribution in [0.2, 0.25) is 0 Å². The van der Waals surface area contributed by atoms with Crippen molar-refractivity contribution in [2.45, 2.75) is 11.8 Å². The maximum absolute atomic E-state index is 12.8. The summed E-state index contributed by atoms with van der Waals surface area (Å²) >= 11 is 1.29. The van der Waals surface area contributed by atoms with Crippen molar-refractivity contribution < 1.29 is 13.2 Å². The molecular weight excluding hydrogens is 420 g/mol. The zero-order valence-electron chi connectivity index (χ0n) is 15.9. The highest BCUT2D eigenvalue weighted by Gasteiger charge is 2.19. The van der Waals surface area contributed by atoms with Crippen molar-refractivity contribution in [2.24, 2.45) is 0 Å². The summed E-state index contributed by atoms with van der Waals surface area (Å²) in [4.78, 5) is 20.4. The van der Waals surface area contributed by atoms with Crippen LogP contribution in [0.4, 0.5) is 10.8 Å². The molecule has 9 heteroatoms. The van der Waals surface area contributed by atoms with Crippen molar-refractivity contribution in [2.75, 3.05) is 10.0 Å². The van der Waals surface area contributed by atoms with Gasteiger partial charge in [-0.1, -0.05) is 29.8 Å². The van der Waals surface area contributed by atoms with Gasteiger partial charge < -0.3 is 4.98 Å². The maximum Gasteiger partial charge on any atom is 0.261 e. The van der Waals surface area contributed by atoms with E-state index in [4.69, 9.17) is 0 Å². The van der Waals surface area contributed by atoms with E-state index in [2.05, 4.69) is 20.0 Å². The molecule has 30 heavy (non-hydrogen) atoms. The third kappa shape index (κ3) is 4.27. The first-order valence-corrected chi connectivity index (χ1v) is 11.4. The smallest absolute Gasteiger partial charge is 0.261 e. The van der Waals surface area contributed by atoms with Crippen LogP contribution >= 0.6 is 11.3 Å². The lowest BCUT2D eigenvalue weighted by Gasteiger charge is -2.12. The number of rotatable bonds is 6. The molecule has 2 heterocycles. The van der Waals surface area contributed by atoms with Gasteiger partial charge in [0.25, 0.3) is 15.9 Å². The molecule has 0 spiro atoms. The number of thiazole rings is 1. The van der Waals surface area contributed by atoms with Gasteiger partial charge in [0.2, 0.25) is 0 Å². The lowest BCUT2D eigenvalue weighted by Crippen LogP contribution is -2.18. The van der Waals surface area contributed by atoms with E-state index < -0.39 is 15.9 Å². The fraction of sp³-hybridized carbons (Fsp3) is 0.0476. The van der Waals surface area contributed by atoms with Gasteiger partial charge in [-0.3, -0.25) is 14.8 Å². The lowest BCUT2D eigenvalue weighted by molar-refractivity contribution is 0.102. The number of carbonyl (C=O) groups is 1. The van der Waals surface area contributed by atoms with Crippen molar-refractivity contribution in [1.82, 2.24) is 9.97 Å². The van der Waals surface area contributed by atoms with E-state index in [0.717, 1.165) is 11.3 Å². The summed E-state index contributed by atoms with van der Waals surface area (Å²) < 4.78 is 28.0. The first-order chi connectivity index (χ1) is 14.4. The molecule has 2 aromatic carbocycles. The quantitative estimate of drug-likeness (QED) is 0.412. The van der Waals surface area contributed by atoms with Crippen LogP contribution in [-0.4, -0.2) is 24.3 Å². The first kappa shape index (κ1) is 19.9. The second-order valence-corrected chi connectivity index (χ2v) is 9.08. The minimum absolute atomic E-state index is 0.124. The number of H-pyrrole nitrogens is 1. The number of nitrogens with zero attached hydrogens (tertiary/aromatic N) is 1. The van der Waals surface area contributed by atoms with Crippen LogP contribution in [0, 0.1) is 6.92 Å². The van der Waals surface area contributed by atoms with Crippen molar-refractivity contribution in [3.63, 3.8) is 0 Å². The summed E-state index contributed by atoms with van der Waals surface area (Å²) in [6.07, 6.45) is 1.79. The Morgan fingerprint density at radius 2 is 1.80 bits per heavy atom. The fourth-order valence-corrected chi connectivity index (χ4v) is 4.59. The Hall–Kier alpha value is -3.43. The molecule has 2 aromatic heterocycles. The van der Waals surface area contributed by atoms with E-state index in [-0.39, 0.29) is 16.1 Å². The zero-order valence-corrected chi connectivity index (χ0v) is 17.5. The Morgan fingerprint density at radius 3 is 2.53 bits per heavy atom. The molecule has 3 N–H and O–H groups in total. The normalized spacial score (nSPS) is 11.2. The SMILES string of the molecule is Cc1ccc(S(=O)(=O)Nc2ccccc2C(=O)Nc2nc(-c3ccc[nH]3)cs2)cc1. The molecule has 0 saturated carbocycles. The summed E-state index contributed by atoms with van der Waals surface area (Å²) in [7, 11) is -3.83. The van der Waals surface area contributed by atoms with Gasteiger partial charge in [0, 0.05) is 11.6 Å². The molecule has 4 rings (SSSR count). The van der Waals surface area contributed by atoms with Gasteiger partial charge in [-0.15, -0.1) is 11.3 Å². The molecule has 0 saturated heterocycles. The second-order valence-electron chi connectivity index (χ2n) is 6.54. The van der Waals surface area contributed by atoms with Crippen LogP contribution < -0.4 is 10.0 Å². The van der Waals surface area contributed by atoms with Crippen LogP contribution in [0.5, 0.6) is 0 Å². The van der Waals surface area contributed by atoms with Crippen LogP contribution in [-0.2, 0) is 10.0 Å². The minimum Gasteiger partial charge on any atom is -0.360 e. The number of nitrogens with one attached hydrogen (secondary N) is 3. The van der Waals surface area contributed by atoms with E-state index >= 15 is 0 Å². The van der Waals surface area contributed by atoms with Crippen LogP contribution in [0.25, 0.3) is 11.4 Å². The number of hydrogen-bond donors (Lipinski definition) is 3. The third-order valence-electron chi connectivity index (χ3n) is 4.35. The number of anilines is 2. The average molecular weight is 439 g/mol. The first-order valence-electron chi connectivity index (χ1n) is 9.01. The molecule has 4 aromatic rings. The molecule has 0 bridgehead atoms. The van der Waals surface area contributed by atoms with Gasteiger partial charge in [-0.2, -0.15) is 0 Å². The topological polar surface area (TPSA) is 104 Å². The number of carbonyl (C=O) groups excluding carboxylic acids is 1. The molecule has 1 amide bonds. The number of aromatic nitrogens is 2. The highest BCUT2D eigenvalue weighted by atomic mass is 32.2. The van der Waals surface area contributed by atoms with Crippen LogP contribution in [0.15, 0.2) is 77.1 Å². The standard InChI is InChI=1S/C21H18N4O3S2/c1-14-8-10-15(11-9-14)30(27,28)25-17-6-3-2-5-16(17)20(26)24-21-23-19(13-29-21)18-7-4-12-22-18/h2-13,22,25H,1H3,(H,23,24,26). The molecule has 0 unspecified atom stereocenters. The molecular formula is C21H18N4O3S2. The molecule has 0 aliphatic heterocycles. The summed E-state index contributed by atoms with van der Waals surface area (Å²) in [5.74, 6) is -0.454. The summed E-state index contributed by atoms with van der Waals surface area (Å²) in [6.45, 7) is 1.88. The van der Waals surface area contributed by atoms with Crippen molar-refractivity contribution in [3.05, 3.63) is 83.4 Å². The molecule has 0 aliphatic carbocycles. The van der Waals surface area contributed by atoms with Gasteiger partial charge >= 0.3 is 0 Å². The molecule has 152 valence electrons.